The third kappa shape index (κ3) is 5.93. The van der Waals surface area contributed by atoms with Gasteiger partial charge in [-0.25, -0.2) is 14.5 Å². The van der Waals surface area contributed by atoms with Crippen LogP contribution in [0.25, 0.3) is 17.6 Å². The van der Waals surface area contributed by atoms with Gasteiger partial charge < -0.3 is 9.47 Å². The highest BCUT2D eigenvalue weighted by atomic mass is 19.4. The molecule has 0 saturated carbocycles. The standard InChI is InChI=1S/C18H18F3N3O4/c1-11(2)6-16(26)28-15(25)4-5-24-10-22-17(23-24)12-7-13(18(19,20)21)9-14(8-12)27-3/h4-5,7-11H,6H2,1-3H3/b5-4-. The molecule has 1 aromatic carbocycles. The first-order chi connectivity index (χ1) is 13.1. The second kappa shape index (κ2) is 8.68. The number of ether oxygens (including phenoxy) is 2. The minimum atomic E-state index is -4.56. The molecule has 0 fully saturated rings. The predicted molar refractivity (Wildman–Crippen MR) is 92.9 cm³/mol. The number of hydrogen-bond donors (Lipinski definition) is 0. The number of methoxy groups -OCH3 is 1. The Labute approximate surface area is 158 Å². The number of benzene rings is 1. The van der Waals surface area contributed by atoms with Crippen molar-refractivity contribution in [2.75, 3.05) is 7.11 Å². The number of hydrogen-bond acceptors (Lipinski definition) is 6. The molecular formula is C18H18F3N3O4. The van der Waals surface area contributed by atoms with E-state index in [2.05, 4.69) is 14.8 Å². The molecule has 0 saturated heterocycles. The highest BCUT2D eigenvalue weighted by Crippen LogP contribution is 2.34. The molecular weight excluding hydrogens is 379 g/mol. The van der Waals surface area contributed by atoms with Crippen LogP contribution in [0.5, 0.6) is 5.75 Å². The molecule has 2 aromatic rings. The summed E-state index contributed by atoms with van der Waals surface area (Å²) in [5, 5.41) is 3.98. The van der Waals surface area contributed by atoms with Gasteiger partial charge in [0, 0.05) is 24.3 Å². The summed E-state index contributed by atoms with van der Waals surface area (Å²) < 4.78 is 49.6. The Morgan fingerprint density at radius 3 is 2.57 bits per heavy atom. The van der Waals surface area contributed by atoms with Gasteiger partial charge in [-0.1, -0.05) is 13.8 Å². The fraction of sp³-hybridized carbons (Fsp3) is 0.333. The third-order valence-electron chi connectivity index (χ3n) is 3.39. The lowest BCUT2D eigenvalue weighted by molar-refractivity contribution is -0.156. The molecule has 0 N–H and O–H groups in total. The number of esters is 2. The van der Waals surface area contributed by atoms with Gasteiger partial charge in [-0.2, -0.15) is 13.2 Å². The molecule has 28 heavy (non-hydrogen) atoms. The van der Waals surface area contributed by atoms with Crippen molar-refractivity contribution in [2.24, 2.45) is 5.92 Å². The van der Waals surface area contributed by atoms with Crippen molar-refractivity contribution in [1.82, 2.24) is 14.8 Å². The molecule has 1 heterocycles. The monoisotopic (exact) mass is 397 g/mol. The van der Waals surface area contributed by atoms with E-state index in [0.29, 0.717) is 0 Å². The zero-order valence-electron chi connectivity index (χ0n) is 15.4. The first kappa shape index (κ1) is 21.1. The lowest BCUT2D eigenvalue weighted by atomic mass is 10.1. The van der Waals surface area contributed by atoms with Crippen molar-refractivity contribution >= 4 is 18.1 Å². The summed E-state index contributed by atoms with van der Waals surface area (Å²) in [5.41, 5.74) is -0.811. The largest absolute Gasteiger partial charge is 0.497 e. The van der Waals surface area contributed by atoms with Crippen LogP contribution in [0.4, 0.5) is 13.2 Å². The van der Waals surface area contributed by atoms with Crippen LogP contribution < -0.4 is 4.74 Å². The Hall–Kier alpha value is -3.17. The number of rotatable bonds is 6. The Morgan fingerprint density at radius 1 is 1.25 bits per heavy atom. The van der Waals surface area contributed by atoms with Crippen molar-refractivity contribution in [1.29, 1.82) is 0 Å². The van der Waals surface area contributed by atoms with E-state index in [1.54, 1.807) is 13.8 Å². The van der Waals surface area contributed by atoms with Crippen LogP contribution in [0.2, 0.25) is 0 Å². The smallest absolute Gasteiger partial charge is 0.416 e. The summed E-state index contributed by atoms with van der Waals surface area (Å²) in [4.78, 5) is 26.9. The highest BCUT2D eigenvalue weighted by Gasteiger charge is 2.31. The topological polar surface area (TPSA) is 83.3 Å². The average molecular weight is 397 g/mol. The Balaban J connectivity index is 2.16. The Bertz CT molecular complexity index is 888. The number of carbonyl (C=O) groups excluding carboxylic acids is 2. The number of halogens is 3. The minimum Gasteiger partial charge on any atom is -0.497 e. The zero-order chi connectivity index (χ0) is 20.9. The molecule has 7 nitrogen and oxygen atoms in total. The molecule has 0 amide bonds. The second-order valence-corrected chi connectivity index (χ2v) is 6.20. The van der Waals surface area contributed by atoms with Crippen LogP contribution in [-0.4, -0.2) is 33.8 Å². The zero-order valence-corrected chi connectivity index (χ0v) is 15.4. The van der Waals surface area contributed by atoms with Crippen molar-refractivity contribution in [3.63, 3.8) is 0 Å². The van der Waals surface area contributed by atoms with Crippen molar-refractivity contribution < 1.29 is 32.2 Å². The molecule has 2 rings (SSSR count). The molecule has 150 valence electrons. The van der Waals surface area contributed by atoms with Gasteiger partial charge in [0.15, 0.2) is 5.82 Å². The van der Waals surface area contributed by atoms with E-state index in [4.69, 9.17) is 4.74 Å². The SMILES string of the molecule is COc1cc(-c2ncn(/C=C\C(=O)OC(=O)CC(C)C)n2)cc(C(F)(F)F)c1. The lowest BCUT2D eigenvalue weighted by Crippen LogP contribution is -2.12. The molecule has 0 bridgehead atoms. The maximum Gasteiger partial charge on any atom is 0.416 e. The molecule has 0 aliphatic rings. The van der Waals surface area contributed by atoms with Gasteiger partial charge in [-0.3, -0.25) is 4.79 Å². The summed E-state index contributed by atoms with van der Waals surface area (Å²) in [6, 6.07) is 3.12. The van der Waals surface area contributed by atoms with Crippen LogP contribution in [0.15, 0.2) is 30.6 Å². The quantitative estimate of drug-likeness (QED) is 0.421. The molecule has 0 aliphatic heterocycles. The summed E-state index contributed by atoms with van der Waals surface area (Å²) in [6.07, 6.45) is -1.13. The van der Waals surface area contributed by atoms with Gasteiger partial charge in [-0.15, -0.1) is 5.10 Å². The summed E-state index contributed by atoms with van der Waals surface area (Å²) in [5.74, 6) is -1.49. The fourth-order valence-electron chi connectivity index (χ4n) is 2.15. The molecule has 0 unspecified atom stereocenters. The Kier molecular flexibility index (Phi) is 6.55. The summed E-state index contributed by atoms with van der Waals surface area (Å²) >= 11 is 0. The van der Waals surface area contributed by atoms with E-state index >= 15 is 0 Å². The summed E-state index contributed by atoms with van der Waals surface area (Å²) in [6.45, 7) is 3.61. The van der Waals surface area contributed by atoms with E-state index in [-0.39, 0.29) is 29.5 Å². The molecule has 0 radical (unpaired) electrons. The lowest BCUT2D eigenvalue weighted by Gasteiger charge is -2.10. The van der Waals surface area contributed by atoms with E-state index < -0.39 is 23.7 Å². The maximum absolute atomic E-state index is 13.0. The predicted octanol–water partition coefficient (Wildman–Crippen LogP) is 3.56. The van der Waals surface area contributed by atoms with Crippen molar-refractivity contribution in [3.05, 3.63) is 36.2 Å². The maximum atomic E-state index is 13.0. The van der Waals surface area contributed by atoms with Crippen LogP contribution in [-0.2, 0) is 20.5 Å². The van der Waals surface area contributed by atoms with Crippen LogP contribution in [0, 0.1) is 5.92 Å². The van der Waals surface area contributed by atoms with Crippen LogP contribution in [0.3, 0.4) is 0 Å². The minimum absolute atomic E-state index is 0.00157. The van der Waals surface area contributed by atoms with Crippen LogP contribution >= 0.6 is 0 Å². The highest BCUT2D eigenvalue weighted by molar-refractivity contribution is 5.93. The number of alkyl halides is 3. The van der Waals surface area contributed by atoms with Gasteiger partial charge in [-0.05, 0) is 24.1 Å². The normalized spacial score (nSPS) is 11.8. The van der Waals surface area contributed by atoms with Crippen molar-refractivity contribution in [3.8, 4) is 17.1 Å². The number of nitrogens with zero attached hydrogens (tertiary/aromatic N) is 3. The number of carbonyl (C=O) groups is 2. The number of aromatic nitrogens is 3. The summed E-state index contributed by atoms with van der Waals surface area (Å²) in [7, 11) is 1.25. The average Bonchev–Trinajstić information content (AvgIpc) is 3.07. The van der Waals surface area contributed by atoms with Gasteiger partial charge in [0.2, 0.25) is 0 Å². The first-order valence-corrected chi connectivity index (χ1v) is 8.19. The van der Waals surface area contributed by atoms with Crippen molar-refractivity contribution in [2.45, 2.75) is 26.4 Å². The molecule has 1 aromatic heterocycles. The van der Waals surface area contributed by atoms with Gasteiger partial charge in [0.05, 0.1) is 12.7 Å². The van der Waals surface area contributed by atoms with Gasteiger partial charge in [0.25, 0.3) is 0 Å². The molecule has 0 aliphatic carbocycles. The molecule has 0 atom stereocenters. The fourth-order valence-corrected chi connectivity index (χ4v) is 2.15. The van der Waals surface area contributed by atoms with E-state index in [0.717, 1.165) is 22.9 Å². The molecule has 10 heteroatoms. The first-order valence-electron chi connectivity index (χ1n) is 8.19. The second-order valence-electron chi connectivity index (χ2n) is 6.20. The van der Waals surface area contributed by atoms with E-state index in [1.807, 2.05) is 0 Å². The third-order valence-corrected chi connectivity index (χ3v) is 3.39. The van der Waals surface area contributed by atoms with Gasteiger partial charge in [0.1, 0.15) is 12.1 Å². The van der Waals surface area contributed by atoms with E-state index in [1.165, 1.54) is 25.7 Å². The Morgan fingerprint density at radius 2 is 1.96 bits per heavy atom. The molecule has 0 spiro atoms. The van der Waals surface area contributed by atoms with E-state index in [9.17, 15) is 22.8 Å². The van der Waals surface area contributed by atoms with Gasteiger partial charge >= 0.3 is 18.1 Å². The van der Waals surface area contributed by atoms with Crippen LogP contribution in [0.1, 0.15) is 25.8 Å².